The van der Waals surface area contributed by atoms with Crippen molar-refractivity contribution in [3.63, 3.8) is 0 Å². The van der Waals surface area contributed by atoms with Crippen molar-refractivity contribution in [3.05, 3.63) is 72.3 Å². The van der Waals surface area contributed by atoms with Crippen molar-refractivity contribution < 1.29 is 4.74 Å². The van der Waals surface area contributed by atoms with Crippen LogP contribution in [0.4, 0.5) is 0 Å². The highest BCUT2D eigenvalue weighted by molar-refractivity contribution is 7.97. The van der Waals surface area contributed by atoms with Gasteiger partial charge in [0.2, 0.25) is 0 Å². The molecular weight excluding hydrogens is 378 g/mol. The van der Waals surface area contributed by atoms with E-state index in [0.29, 0.717) is 5.56 Å². The van der Waals surface area contributed by atoms with E-state index in [2.05, 4.69) is 63.9 Å². The van der Waals surface area contributed by atoms with Crippen molar-refractivity contribution in [1.82, 2.24) is 9.29 Å². The second kappa shape index (κ2) is 8.04. The topological polar surface area (TPSA) is 50.0 Å². The van der Waals surface area contributed by atoms with Crippen LogP contribution in [-0.2, 0) is 7.05 Å². The minimum Gasteiger partial charge on any atom is -0.497 e. The van der Waals surface area contributed by atoms with Crippen LogP contribution < -0.4 is 9.46 Å². The lowest BCUT2D eigenvalue weighted by atomic mass is 10.0. The van der Waals surface area contributed by atoms with Crippen LogP contribution in [-0.4, -0.2) is 18.7 Å². The summed E-state index contributed by atoms with van der Waals surface area (Å²) in [7, 11) is 5.58. The van der Waals surface area contributed by atoms with E-state index in [-0.39, 0.29) is 0 Å². The molecule has 0 aliphatic carbocycles. The molecule has 0 saturated heterocycles. The minimum atomic E-state index is 0.696. The number of nitrogens with one attached hydrogen (secondary N) is 1. The van der Waals surface area contributed by atoms with Gasteiger partial charge in [0.15, 0.2) is 0 Å². The standard InChI is InChI=1S/C24H21N3OS/c1-26-29-20-10-7-16(8-11-20)24-22(15-25)21-14-18(9-12-23(21)27(24)2)17-5-4-6-19(13-17)28-3/h4-14,26H,1-3H3. The van der Waals surface area contributed by atoms with Crippen LogP contribution >= 0.6 is 11.9 Å². The van der Waals surface area contributed by atoms with Crippen LogP contribution in [0, 0.1) is 11.3 Å². The van der Waals surface area contributed by atoms with E-state index in [0.717, 1.165) is 43.9 Å². The molecule has 4 nitrogen and oxygen atoms in total. The van der Waals surface area contributed by atoms with E-state index < -0.39 is 0 Å². The number of aryl methyl sites for hydroxylation is 1. The highest BCUT2D eigenvalue weighted by atomic mass is 32.2. The van der Waals surface area contributed by atoms with E-state index in [9.17, 15) is 5.26 Å². The second-order valence-electron chi connectivity index (χ2n) is 6.69. The summed E-state index contributed by atoms with van der Waals surface area (Å²) < 4.78 is 10.5. The molecule has 0 bridgehead atoms. The van der Waals surface area contributed by atoms with Gasteiger partial charge in [-0.05, 0) is 72.1 Å². The molecule has 0 unspecified atom stereocenters. The first-order valence-corrected chi connectivity index (χ1v) is 10.1. The van der Waals surface area contributed by atoms with Crippen molar-refractivity contribution in [2.45, 2.75) is 4.90 Å². The van der Waals surface area contributed by atoms with Gasteiger partial charge in [-0.3, -0.25) is 4.72 Å². The third-order valence-electron chi connectivity index (χ3n) is 5.06. The Hall–Kier alpha value is -3.20. The molecule has 0 aliphatic rings. The largest absolute Gasteiger partial charge is 0.497 e. The molecule has 4 aromatic rings. The number of benzene rings is 3. The highest BCUT2D eigenvalue weighted by Gasteiger charge is 2.17. The SMILES string of the molecule is CNSc1ccc(-c2c(C#N)c3cc(-c4cccc(OC)c4)ccc3n2C)cc1. The number of nitriles is 1. The van der Waals surface area contributed by atoms with Crippen LogP contribution in [0.2, 0.25) is 0 Å². The molecule has 1 aromatic heterocycles. The van der Waals surface area contributed by atoms with Gasteiger partial charge in [-0.15, -0.1) is 0 Å². The van der Waals surface area contributed by atoms with Gasteiger partial charge >= 0.3 is 0 Å². The molecule has 144 valence electrons. The zero-order chi connectivity index (χ0) is 20.4. The Morgan fingerprint density at radius 2 is 1.69 bits per heavy atom. The van der Waals surface area contributed by atoms with Crippen molar-refractivity contribution in [2.24, 2.45) is 7.05 Å². The van der Waals surface area contributed by atoms with Crippen LogP contribution in [0.5, 0.6) is 5.75 Å². The van der Waals surface area contributed by atoms with Crippen LogP contribution in [0.25, 0.3) is 33.3 Å². The number of nitrogens with zero attached hydrogens (tertiary/aromatic N) is 2. The Morgan fingerprint density at radius 1 is 0.966 bits per heavy atom. The quantitative estimate of drug-likeness (QED) is 0.443. The minimum absolute atomic E-state index is 0.696. The van der Waals surface area contributed by atoms with Gasteiger partial charge in [-0.1, -0.05) is 30.3 Å². The summed E-state index contributed by atoms with van der Waals surface area (Å²) in [5.74, 6) is 0.816. The Morgan fingerprint density at radius 3 is 2.38 bits per heavy atom. The molecule has 0 aliphatic heterocycles. The molecule has 0 fully saturated rings. The Bertz CT molecular complexity index is 1220. The second-order valence-corrected chi connectivity index (χ2v) is 7.77. The lowest BCUT2D eigenvalue weighted by molar-refractivity contribution is 0.415. The van der Waals surface area contributed by atoms with E-state index in [1.807, 2.05) is 32.3 Å². The lowest BCUT2D eigenvalue weighted by Crippen LogP contribution is -1.94. The van der Waals surface area contributed by atoms with Crippen LogP contribution in [0.1, 0.15) is 5.56 Å². The zero-order valence-corrected chi connectivity index (χ0v) is 17.4. The third kappa shape index (κ3) is 3.49. The average Bonchev–Trinajstić information content (AvgIpc) is 3.05. The fraction of sp³-hybridized carbons (Fsp3) is 0.125. The predicted molar refractivity (Wildman–Crippen MR) is 120 cm³/mol. The summed E-state index contributed by atoms with van der Waals surface area (Å²) in [6.07, 6.45) is 0. The monoisotopic (exact) mass is 399 g/mol. The highest BCUT2D eigenvalue weighted by Crippen LogP contribution is 2.36. The summed E-state index contributed by atoms with van der Waals surface area (Å²) in [4.78, 5) is 1.13. The summed E-state index contributed by atoms with van der Waals surface area (Å²) in [6.45, 7) is 0. The number of rotatable bonds is 5. The number of ether oxygens (including phenoxy) is 1. The maximum atomic E-state index is 9.98. The van der Waals surface area contributed by atoms with E-state index in [1.54, 1.807) is 19.1 Å². The smallest absolute Gasteiger partial charge is 0.119 e. The van der Waals surface area contributed by atoms with Gasteiger partial charge in [0.1, 0.15) is 11.8 Å². The molecule has 4 rings (SSSR count). The molecule has 0 amide bonds. The lowest BCUT2D eigenvalue weighted by Gasteiger charge is -2.07. The number of methoxy groups -OCH3 is 1. The van der Waals surface area contributed by atoms with Crippen molar-refractivity contribution in [3.8, 4) is 34.2 Å². The Balaban J connectivity index is 1.86. The first-order chi connectivity index (χ1) is 14.2. The van der Waals surface area contributed by atoms with Gasteiger partial charge in [-0.2, -0.15) is 5.26 Å². The molecular formula is C24H21N3OS. The summed E-state index contributed by atoms with van der Waals surface area (Å²) in [5, 5.41) is 10.9. The molecule has 0 spiro atoms. The van der Waals surface area contributed by atoms with Gasteiger partial charge in [0.05, 0.1) is 18.4 Å². The van der Waals surface area contributed by atoms with E-state index in [4.69, 9.17) is 4.74 Å². The molecule has 0 radical (unpaired) electrons. The van der Waals surface area contributed by atoms with E-state index >= 15 is 0 Å². The molecule has 1 N–H and O–H groups in total. The normalized spacial score (nSPS) is 10.8. The van der Waals surface area contributed by atoms with E-state index in [1.165, 1.54) is 0 Å². The fourth-order valence-electron chi connectivity index (χ4n) is 3.68. The van der Waals surface area contributed by atoms with Crippen LogP contribution in [0.3, 0.4) is 0 Å². The van der Waals surface area contributed by atoms with Crippen molar-refractivity contribution >= 4 is 22.9 Å². The molecule has 29 heavy (non-hydrogen) atoms. The van der Waals surface area contributed by atoms with Gasteiger partial charge in [0, 0.05) is 22.8 Å². The number of hydrogen-bond acceptors (Lipinski definition) is 4. The molecule has 1 heterocycles. The number of hydrogen-bond donors (Lipinski definition) is 1. The Labute approximate surface area is 174 Å². The van der Waals surface area contributed by atoms with Gasteiger partial charge < -0.3 is 9.30 Å². The summed E-state index contributed by atoms with van der Waals surface area (Å²) in [6, 6.07) is 24.9. The average molecular weight is 400 g/mol. The third-order valence-corrected chi connectivity index (χ3v) is 5.77. The van der Waals surface area contributed by atoms with Crippen molar-refractivity contribution in [1.29, 1.82) is 5.26 Å². The first-order valence-electron chi connectivity index (χ1n) is 9.27. The molecule has 5 heteroatoms. The van der Waals surface area contributed by atoms with Gasteiger partial charge in [-0.25, -0.2) is 0 Å². The van der Waals surface area contributed by atoms with Gasteiger partial charge in [0.25, 0.3) is 0 Å². The Kier molecular flexibility index (Phi) is 5.30. The zero-order valence-electron chi connectivity index (χ0n) is 16.6. The molecule has 0 atom stereocenters. The first kappa shape index (κ1) is 19.1. The summed E-state index contributed by atoms with van der Waals surface area (Å²) >= 11 is 1.57. The fourth-order valence-corrected chi connectivity index (χ4v) is 4.18. The van der Waals surface area contributed by atoms with Crippen molar-refractivity contribution in [2.75, 3.05) is 14.2 Å². The maximum absolute atomic E-state index is 9.98. The van der Waals surface area contributed by atoms with Crippen LogP contribution in [0.15, 0.2) is 71.6 Å². The summed E-state index contributed by atoms with van der Waals surface area (Å²) in [5.41, 5.74) is 5.83. The predicted octanol–water partition coefficient (Wildman–Crippen LogP) is 5.62. The molecule has 0 saturated carbocycles. The number of fused-ring (bicyclic) bond motifs is 1. The molecule has 3 aromatic carbocycles. The number of aromatic nitrogens is 1. The maximum Gasteiger partial charge on any atom is 0.119 e.